The maximum Gasteiger partial charge on any atom is 0.407 e. The van der Waals surface area contributed by atoms with E-state index in [0.29, 0.717) is 12.2 Å². The Hall–Kier alpha value is -2.02. The van der Waals surface area contributed by atoms with Gasteiger partial charge in [-0.1, -0.05) is 24.0 Å². The molecule has 0 radical (unpaired) electrons. The molecular formula is C12H12FNO2. The number of amides is 1. The largest absolute Gasteiger partial charge is 0.450 e. The van der Waals surface area contributed by atoms with E-state index in [0.717, 1.165) is 0 Å². The Morgan fingerprint density at radius 3 is 2.94 bits per heavy atom. The van der Waals surface area contributed by atoms with Crippen molar-refractivity contribution in [3.05, 3.63) is 35.6 Å². The van der Waals surface area contributed by atoms with E-state index < -0.39 is 6.09 Å². The molecule has 0 aliphatic rings. The van der Waals surface area contributed by atoms with Crippen molar-refractivity contribution in [3.8, 4) is 11.8 Å². The Kier molecular flexibility index (Phi) is 4.87. The molecule has 1 amide bonds. The van der Waals surface area contributed by atoms with Gasteiger partial charge in [-0.15, -0.1) is 0 Å². The van der Waals surface area contributed by atoms with Crippen molar-refractivity contribution in [1.29, 1.82) is 0 Å². The molecule has 1 aromatic rings. The molecule has 0 aliphatic heterocycles. The van der Waals surface area contributed by atoms with Crippen LogP contribution in [0.1, 0.15) is 12.5 Å². The first kappa shape index (κ1) is 12.1. The molecule has 1 aromatic carbocycles. The number of alkyl carbamates (subject to hydrolysis) is 1. The molecule has 3 nitrogen and oxygen atoms in total. The lowest BCUT2D eigenvalue weighted by Crippen LogP contribution is -2.24. The van der Waals surface area contributed by atoms with Gasteiger partial charge < -0.3 is 10.1 Å². The van der Waals surface area contributed by atoms with Crippen LogP contribution >= 0.6 is 0 Å². The third kappa shape index (κ3) is 4.01. The van der Waals surface area contributed by atoms with Gasteiger partial charge in [-0.3, -0.25) is 0 Å². The highest BCUT2D eigenvalue weighted by molar-refractivity contribution is 5.67. The summed E-state index contributed by atoms with van der Waals surface area (Å²) < 4.78 is 17.7. The van der Waals surface area contributed by atoms with Crippen LogP contribution < -0.4 is 5.32 Å². The fourth-order valence-corrected chi connectivity index (χ4v) is 1.00. The lowest BCUT2D eigenvalue weighted by Gasteiger charge is -1.99. The fraction of sp³-hybridized carbons (Fsp3) is 0.250. The van der Waals surface area contributed by atoms with Gasteiger partial charge >= 0.3 is 6.09 Å². The SMILES string of the molecule is CCOC(=O)NCC#Cc1ccccc1F. The molecule has 1 N–H and O–H groups in total. The highest BCUT2D eigenvalue weighted by Crippen LogP contribution is 2.03. The number of nitrogens with one attached hydrogen (secondary N) is 1. The molecule has 16 heavy (non-hydrogen) atoms. The van der Waals surface area contributed by atoms with Gasteiger partial charge in [-0.2, -0.15) is 0 Å². The van der Waals surface area contributed by atoms with Crippen molar-refractivity contribution in [2.45, 2.75) is 6.92 Å². The third-order valence-corrected chi connectivity index (χ3v) is 1.69. The highest BCUT2D eigenvalue weighted by atomic mass is 19.1. The van der Waals surface area contributed by atoms with Crippen LogP contribution in [0.2, 0.25) is 0 Å². The second kappa shape index (κ2) is 6.46. The molecule has 0 spiro atoms. The summed E-state index contributed by atoms with van der Waals surface area (Å²) in [5, 5.41) is 2.42. The summed E-state index contributed by atoms with van der Waals surface area (Å²) in [5.41, 5.74) is 0.313. The van der Waals surface area contributed by atoms with Crippen molar-refractivity contribution in [1.82, 2.24) is 5.32 Å². The van der Waals surface area contributed by atoms with E-state index in [2.05, 4.69) is 21.9 Å². The number of benzene rings is 1. The molecule has 0 unspecified atom stereocenters. The molecule has 1 rings (SSSR count). The zero-order chi connectivity index (χ0) is 11.8. The van der Waals surface area contributed by atoms with E-state index in [4.69, 9.17) is 0 Å². The van der Waals surface area contributed by atoms with E-state index in [-0.39, 0.29) is 12.4 Å². The minimum Gasteiger partial charge on any atom is -0.450 e. The van der Waals surface area contributed by atoms with Gasteiger partial charge in [0.25, 0.3) is 0 Å². The molecule has 0 fully saturated rings. The first-order valence-electron chi connectivity index (χ1n) is 4.88. The average Bonchev–Trinajstić information content (AvgIpc) is 2.27. The Bertz CT molecular complexity index is 421. The summed E-state index contributed by atoms with van der Waals surface area (Å²) in [6.07, 6.45) is -0.523. The van der Waals surface area contributed by atoms with E-state index in [1.165, 1.54) is 6.07 Å². The Morgan fingerprint density at radius 1 is 1.50 bits per heavy atom. The van der Waals surface area contributed by atoms with Crippen LogP contribution in [-0.4, -0.2) is 19.2 Å². The van der Waals surface area contributed by atoms with E-state index in [1.54, 1.807) is 25.1 Å². The smallest absolute Gasteiger partial charge is 0.407 e. The summed E-state index contributed by atoms with van der Waals surface area (Å²) in [6, 6.07) is 6.21. The second-order valence-corrected chi connectivity index (χ2v) is 2.86. The lowest BCUT2D eigenvalue weighted by atomic mass is 10.2. The van der Waals surface area contributed by atoms with Crippen molar-refractivity contribution < 1.29 is 13.9 Å². The number of ether oxygens (including phenoxy) is 1. The van der Waals surface area contributed by atoms with Gasteiger partial charge in [0.1, 0.15) is 5.82 Å². The summed E-state index contributed by atoms with van der Waals surface area (Å²) >= 11 is 0. The average molecular weight is 221 g/mol. The van der Waals surface area contributed by atoms with E-state index in [9.17, 15) is 9.18 Å². The van der Waals surface area contributed by atoms with Gasteiger partial charge in [-0.05, 0) is 19.1 Å². The Labute approximate surface area is 93.6 Å². The first-order chi connectivity index (χ1) is 7.74. The number of halogens is 1. The lowest BCUT2D eigenvalue weighted by molar-refractivity contribution is 0.153. The standard InChI is InChI=1S/C12H12FNO2/c1-2-16-12(15)14-9-5-7-10-6-3-4-8-11(10)13/h3-4,6,8H,2,9H2,1H3,(H,14,15). The quantitative estimate of drug-likeness (QED) is 0.775. The van der Waals surface area contributed by atoms with E-state index in [1.807, 2.05) is 0 Å². The van der Waals surface area contributed by atoms with Crippen LogP contribution in [-0.2, 0) is 4.74 Å². The minimum atomic E-state index is -0.523. The summed E-state index contributed by atoms with van der Waals surface area (Å²) in [5.74, 6) is 4.88. The van der Waals surface area contributed by atoms with Crippen LogP contribution in [0.25, 0.3) is 0 Å². The fourth-order valence-electron chi connectivity index (χ4n) is 1.00. The highest BCUT2D eigenvalue weighted by Gasteiger charge is 1.96. The van der Waals surface area contributed by atoms with Crippen LogP contribution in [0, 0.1) is 17.7 Å². The summed E-state index contributed by atoms with van der Waals surface area (Å²) in [6.45, 7) is 2.16. The van der Waals surface area contributed by atoms with Gasteiger partial charge in [0.2, 0.25) is 0 Å². The maximum absolute atomic E-state index is 13.1. The summed E-state index contributed by atoms with van der Waals surface area (Å²) in [7, 11) is 0. The van der Waals surface area contributed by atoms with E-state index >= 15 is 0 Å². The zero-order valence-electron chi connectivity index (χ0n) is 8.92. The van der Waals surface area contributed by atoms with Crippen LogP contribution in [0.5, 0.6) is 0 Å². The predicted octanol–water partition coefficient (Wildman–Crippen LogP) is 1.92. The van der Waals surface area contributed by atoms with Crippen LogP contribution in [0.15, 0.2) is 24.3 Å². The molecule has 0 saturated carbocycles. The molecular weight excluding hydrogens is 209 g/mol. The summed E-state index contributed by atoms with van der Waals surface area (Å²) in [4.78, 5) is 10.8. The zero-order valence-corrected chi connectivity index (χ0v) is 8.92. The topological polar surface area (TPSA) is 38.3 Å². The second-order valence-electron chi connectivity index (χ2n) is 2.86. The Balaban J connectivity index is 2.44. The van der Waals surface area contributed by atoms with Crippen LogP contribution in [0.3, 0.4) is 0 Å². The maximum atomic E-state index is 13.1. The van der Waals surface area contributed by atoms with Gasteiger partial charge in [0, 0.05) is 0 Å². The number of hydrogen-bond donors (Lipinski definition) is 1. The number of carbonyl (C=O) groups is 1. The van der Waals surface area contributed by atoms with Crippen molar-refractivity contribution in [3.63, 3.8) is 0 Å². The van der Waals surface area contributed by atoms with Gasteiger partial charge in [0.05, 0.1) is 18.7 Å². The van der Waals surface area contributed by atoms with Gasteiger partial charge in [0.15, 0.2) is 0 Å². The van der Waals surface area contributed by atoms with Crippen molar-refractivity contribution >= 4 is 6.09 Å². The molecule has 0 atom stereocenters. The third-order valence-electron chi connectivity index (χ3n) is 1.69. The normalized spacial score (nSPS) is 8.88. The Morgan fingerprint density at radius 2 is 2.25 bits per heavy atom. The molecule has 0 aromatic heterocycles. The molecule has 0 bridgehead atoms. The minimum absolute atomic E-state index is 0.132. The molecule has 4 heteroatoms. The number of carbonyl (C=O) groups excluding carboxylic acids is 1. The number of hydrogen-bond acceptors (Lipinski definition) is 2. The van der Waals surface area contributed by atoms with Crippen LogP contribution in [0.4, 0.5) is 9.18 Å². The first-order valence-corrected chi connectivity index (χ1v) is 4.88. The molecule has 0 saturated heterocycles. The van der Waals surface area contributed by atoms with Crippen molar-refractivity contribution in [2.75, 3.05) is 13.2 Å². The predicted molar refractivity (Wildman–Crippen MR) is 58.3 cm³/mol. The number of rotatable bonds is 2. The molecule has 0 aliphatic carbocycles. The monoisotopic (exact) mass is 221 g/mol. The molecule has 84 valence electrons. The molecule has 0 heterocycles. The van der Waals surface area contributed by atoms with Crippen molar-refractivity contribution in [2.24, 2.45) is 0 Å². The van der Waals surface area contributed by atoms with Gasteiger partial charge in [-0.25, -0.2) is 9.18 Å².